The smallest absolute Gasteiger partial charge is 0.330 e. The zero-order valence-corrected chi connectivity index (χ0v) is 19.3. The highest BCUT2D eigenvalue weighted by Crippen LogP contribution is 2.41. The fraction of sp³-hybridized carbons (Fsp3) is 0.636. The van der Waals surface area contributed by atoms with Gasteiger partial charge < -0.3 is 13.9 Å². The lowest BCUT2D eigenvalue weighted by molar-refractivity contribution is -0.148. The van der Waals surface area contributed by atoms with E-state index in [2.05, 4.69) is 33.9 Å². The molecule has 2 heterocycles. The van der Waals surface area contributed by atoms with Gasteiger partial charge in [0.05, 0.1) is 19.8 Å². The van der Waals surface area contributed by atoms with Crippen LogP contribution in [0.1, 0.15) is 32.8 Å². The topological polar surface area (TPSA) is 65.1 Å². The highest BCUT2D eigenvalue weighted by atomic mass is 28.4. The van der Waals surface area contributed by atoms with Crippen LogP contribution in [0.25, 0.3) is 0 Å². The van der Waals surface area contributed by atoms with Gasteiger partial charge in [-0.25, -0.2) is 4.79 Å². The Morgan fingerprint density at radius 2 is 1.86 bits per heavy atom. The second-order valence-electron chi connectivity index (χ2n) is 9.54. The second kappa shape index (κ2) is 8.30. The maximum Gasteiger partial charge on any atom is 0.330 e. The van der Waals surface area contributed by atoms with Crippen LogP contribution in [0.2, 0.25) is 18.1 Å². The number of ether oxygens (including phenoxy) is 2. The van der Waals surface area contributed by atoms with E-state index in [1.54, 1.807) is 0 Å². The van der Waals surface area contributed by atoms with Crippen molar-refractivity contribution in [3.05, 3.63) is 35.9 Å². The average Bonchev–Trinajstić information content (AvgIpc) is 3.12. The molecule has 0 N–H and O–H groups in total. The van der Waals surface area contributed by atoms with E-state index in [0.29, 0.717) is 13.2 Å². The Kier molecular flexibility index (Phi) is 6.34. The summed E-state index contributed by atoms with van der Waals surface area (Å²) in [5.74, 6) is -0.590. The minimum absolute atomic E-state index is 0.0571. The number of carbonyl (C=O) groups excluding carboxylic acids is 2. The molecule has 3 rings (SSSR count). The van der Waals surface area contributed by atoms with Crippen molar-refractivity contribution in [1.29, 1.82) is 0 Å². The molecular formula is C22H33NO5Si. The van der Waals surface area contributed by atoms with Crippen LogP contribution >= 0.6 is 0 Å². The summed E-state index contributed by atoms with van der Waals surface area (Å²) in [6.07, 6.45) is -0.149. The Labute approximate surface area is 174 Å². The molecule has 7 heteroatoms. The predicted octanol–water partition coefficient (Wildman–Crippen LogP) is 3.16. The maximum atomic E-state index is 12.5. The molecule has 0 amide bonds. The first-order valence-electron chi connectivity index (χ1n) is 10.2. The van der Waals surface area contributed by atoms with Crippen molar-refractivity contribution >= 4 is 20.1 Å². The van der Waals surface area contributed by atoms with Crippen LogP contribution < -0.4 is 0 Å². The van der Waals surface area contributed by atoms with Crippen molar-refractivity contribution in [2.45, 2.75) is 76.2 Å². The van der Waals surface area contributed by atoms with Crippen molar-refractivity contribution in [3.63, 3.8) is 0 Å². The summed E-state index contributed by atoms with van der Waals surface area (Å²) in [6.45, 7) is 12.0. The third kappa shape index (κ3) is 4.48. The summed E-state index contributed by atoms with van der Waals surface area (Å²) in [5.41, 5.74) is 1.07. The molecule has 2 aliphatic heterocycles. The molecule has 0 aliphatic carbocycles. The van der Waals surface area contributed by atoms with Crippen LogP contribution in [0.4, 0.5) is 0 Å². The van der Waals surface area contributed by atoms with Gasteiger partial charge in [-0.3, -0.25) is 9.69 Å². The molecule has 0 aromatic heterocycles. The fourth-order valence-electron chi connectivity index (χ4n) is 3.94. The summed E-state index contributed by atoms with van der Waals surface area (Å²) >= 11 is 0. The summed E-state index contributed by atoms with van der Waals surface area (Å²) < 4.78 is 17.9. The number of methoxy groups -OCH3 is 1. The molecule has 2 fully saturated rings. The van der Waals surface area contributed by atoms with Gasteiger partial charge in [0.1, 0.15) is 6.10 Å². The van der Waals surface area contributed by atoms with Crippen LogP contribution in [0.15, 0.2) is 30.3 Å². The first-order valence-corrected chi connectivity index (χ1v) is 13.2. The Morgan fingerprint density at radius 3 is 2.45 bits per heavy atom. The lowest BCUT2D eigenvalue weighted by Gasteiger charge is -2.40. The predicted molar refractivity (Wildman–Crippen MR) is 113 cm³/mol. The minimum atomic E-state index is -2.05. The summed E-state index contributed by atoms with van der Waals surface area (Å²) in [4.78, 5) is 26.7. The van der Waals surface area contributed by atoms with Gasteiger partial charge in [-0.15, -0.1) is 0 Å². The van der Waals surface area contributed by atoms with Gasteiger partial charge in [0, 0.05) is 19.0 Å². The monoisotopic (exact) mass is 419 g/mol. The zero-order chi connectivity index (χ0) is 21.4. The van der Waals surface area contributed by atoms with E-state index in [1.165, 1.54) is 7.11 Å². The molecule has 0 radical (unpaired) electrons. The average molecular weight is 420 g/mol. The molecule has 160 valence electrons. The molecule has 2 saturated heterocycles. The third-order valence-corrected chi connectivity index (χ3v) is 11.1. The van der Waals surface area contributed by atoms with Crippen LogP contribution in [-0.2, 0) is 30.1 Å². The molecule has 0 bridgehead atoms. The maximum absolute atomic E-state index is 12.5. The van der Waals surface area contributed by atoms with Gasteiger partial charge in [-0.05, 0) is 23.7 Å². The number of fused-ring (bicyclic) bond motifs is 1. The number of benzene rings is 1. The Balaban J connectivity index is 1.83. The number of carbonyl (C=O) groups is 2. The van der Waals surface area contributed by atoms with Crippen LogP contribution in [-0.4, -0.2) is 62.9 Å². The summed E-state index contributed by atoms with van der Waals surface area (Å²) in [5, 5.41) is 0.0571. The summed E-state index contributed by atoms with van der Waals surface area (Å²) in [7, 11) is -0.725. The molecule has 6 nitrogen and oxygen atoms in total. The number of ketones is 1. The van der Waals surface area contributed by atoms with E-state index in [-0.39, 0.29) is 35.5 Å². The number of nitrogens with zero attached hydrogens (tertiary/aromatic N) is 1. The van der Waals surface area contributed by atoms with Crippen LogP contribution in [0.3, 0.4) is 0 Å². The Bertz CT molecular complexity index is 745. The van der Waals surface area contributed by atoms with Crippen molar-refractivity contribution in [2.24, 2.45) is 0 Å². The van der Waals surface area contributed by atoms with E-state index in [9.17, 15) is 9.59 Å². The van der Waals surface area contributed by atoms with Gasteiger partial charge in [-0.2, -0.15) is 0 Å². The largest absolute Gasteiger partial charge is 0.468 e. The Morgan fingerprint density at radius 1 is 1.21 bits per heavy atom. The standard InChI is InChI=1S/C22H33NO5Si/c1-22(2,3)29(5,6)28-18-13-23-16(12-17(24)19(23)21(25)26-4)20(18)27-14-15-10-8-7-9-11-15/h7-11,16,18-20H,12-14H2,1-6H3/t16-,18+,19+,20-/m0/s1. The lowest BCUT2D eigenvalue weighted by atomic mass is 10.1. The summed E-state index contributed by atoms with van der Waals surface area (Å²) in [6, 6.07) is 8.97. The SMILES string of the molecule is COC(=O)[C@H]1C(=O)C[C@H]2[C@H](OCc3ccccc3)[C@H](O[Si](C)(C)C(C)(C)C)CN12. The van der Waals surface area contributed by atoms with Gasteiger partial charge in [0.15, 0.2) is 20.1 Å². The number of Topliss-reactive ketones (excluding diaryl/α,β-unsaturated/α-hetero) is 1. The van der Waals surface area contributed by atoms with E-state index < -0.39 is 20.3 Å². The van der Waals surface area contributed by atoms with Crippen LogP contribution in [0, 0.1) is 0 Å². The third-order valence-electron chi connectivity index (χ3n) is 6.57. The molecule has 0 saturated carbocycles. The van der Waals surface area contributed by atoms with E-state index in [0.717, 1.165) is 5.56 Å². The molecule has 1 aromatic carbocycles. The Hall–Kier alpha value is -1.54. The number of rotatable bonds is 6. The van der Waals surface area contributed by atoms with Crippen molar-refractivity contribution in [3.8, 4) is 0 Å². The molecule has 1 aromatic rings. The molecule has 2 aliphatic rings. The lowest BCUT2D eigenvalue weighted by Crippen LogP contribution is -2.48. The van der Waals surface area contributed by atoms with E-state index in [1.807, 2.05) is 35.2 Å². The van der Waals surface area contributed by atoms with Gasteiger partial charge >= 0.3 is 5.97 Å². The molecule has 4 atom stereocenters. The minimum Gasteiger partial charge on any atom is -0.468 e. The van der Waals surface area contributed by atoms with Crippen molar-refractivity contribution in [1.82, 2.24) is 4.90 Å². The van der Waals surface area contributed by atoms with Crippen molar-refractivity contribution in [2.75, 3.05) is 13.7 Å². The second-order valence-corrected chi connectivity index (χ2v) is 14.3. The highest BCUT2D eigenvalue weighted by Gasteiger charge is 2.57. The number of esters is 1. The van der Waals surface area contributed by atoms with Crippen LogP contribution in [0.5, 0.6) is 0 Å². The number of hydrogen-bond donors (Lipinski definition) is 0. The first-order chi connectivity index (χ1) is 13.5. The van der Waals surface area contributed by atoms with E-state index in [4.69, 9.17) is 13.9 Å². The highest BCUT2D eigenvalue weighted by molar-refractivity contribution is 6.74. The molecule has 29 heavy (non-hydrogen) atoms. The first kappa shape index (κ1) is 22.1. The van der Waals surface area contributed by atoms with E-state index >= 15 is 0 Å². The zero-order valence-electron chi connectivity index (χ0n) is 18.3. The van der Waals surface area contributed by atoms with Gasteiger partial charge in [-0.1, -0.05) is 51.1 Å². The molecule has 0 spiro atoms. The number of hydrogen-bond acceptors (Lipinski definition) is 6. The fourth-order valence-corrected chi connectivity index (χ4v) is 5.26. The quantitative estimate of drug-likeness (QED) is 0.401. The van der Waals surface area contributed by atoms with Gasteiger partial charge in [0.2, 0.25) is 0 Å². The van der Waals surface area contributed by atoms with Gasteiger partial charge in [0.25, 0.3) is 0 Å². The van der Waals surface area contributed by atoms with Crippen molar-refractivity contribution < 1.29 is 23.5 Å². The molecule has 0 unspecified atom stereocenters. The normalized spacial score (nSPS) is 27.9. The molecular weight excluding hydrogens is 386 g/mol.